The molecule has 1 aromatic rings. The van der Waals surface area contributed by atoms with Gasteiger partial charge in [0, 0.05) is 19.5 Å². The second kappa shape index (κ2) is 3.91. The maximum atomic E-state index is 6.02. The fourth-order valence-electron chi connectivity index (χ4n) is 2.29. The summed E-state index contributed by atoms with van der Waals surface area (Å²) in [5.41, 5.74) is 6.57. The van der Waals surface area contributed by atoms with Crippen molar-refractivity contribution in [1.29, 1.82) is 0 Å². The van der Waals surface area contributed by atoms with Gasteiger partial charge in [-0.2, -0.15) is 0 Å². The first kappa shape index (κ1) is 9.99. The van der Waals surface area contributed by atoms with Crippen LogP contribution >= 0.6 is 11.6 Å². The van der Waals surface area contributed by atoms with Gasteiger partial charge in [0.2, 0.25) is 0 Å². The van der Waals surface area contributed by atoms with Crippen molar-refractivity contribution in [2.75, 3.05) is 0 Å². The number of aromatic nitrogens is 2. The molecule has 3 nitrogen and oxygen atoms in total. The molecule has 14 heavy (non-hydrogen) atoms. The molecule has 1 fully saturated rings. The van der Waals surface area contributed by atoms with Crippen molar-refractivity contribution in [1.82, 2.24) is 9.55 Å². The Hall–Kier alpha value is -0.540. The zero-order valence-corrected chi connectivity index (χ0v) is 9.22. The first-order valence-corrected chi connectivity index (χ1v) is 5.53. The van der Waals surface area contributed by atoms with Crippen LogP contribution in [0.2, 0.25) is 5.15 Å². The lowest BCUT2D eigenvalue weighted by Gasteiger charge is -2.09. The smallest absolute Gasteiger partial charge is 0.151 e. The van der Waals surface area contributed by atoms with E-state index < -0.39 is 0 Å². The van der Waals surface area contributed by atoms with Crippen LogP contribution in [0.4, 0.5) is 0 Å². The maximum Gasteiger partial charge on any atom is 0.151 e. The van der Waals surface area contributed by atoms with Crippen LogP contribution in [0.25, 0.3) is 0 Å². The highest BCUT2D eigenvalue weighted by Gasteiger charge is 2.23. The van der Waals surface area contributed by atoms with Crippen molar-refractivity contribution < 1.29 is 0 Å². The Morgan fingerprint density at radius 1 is 1.50 bits per heavy atom. The fourth-order valence-corrected chi connectivity index (χ4v) is 2.58. The summed E-state index contributed by atoms with van der Waals surface area (Å²) in [5, 5.41) is 0.580. The molecule has 1 aromatic heterocycles. The zero-order chi connectivity index (χ0) is 10.1. The predicted molar refractivity (Wildman–Crippen MR) is 57.3 cm³/mol. The van der Waals surface area contributed by atoms with Gasteiger partial charge in [-0.3, -0.25) is 0 Å². The van der Waals surface area contributed by atoms with E-state index in [1.807, 2.05) is 7.05 Å². The number of halogens is 1. The van der Waals surface area contributed by atoms with Gasteiger partial charge in [0.1, 0.15) is 5.82 Å². The molecule has 0 atom stereocenters. The molecule has 2 N–H and O–H groups in total. The minimum absolute atomic E-state index is 0.467. The number of rotatable bonds is 2. The van der Waals surface area contributed by atoms with Gasteiger partial charge in [0.25, 0.3) is 0 Å². The Morgan fingerprint density at radius 2 is 2.14 bits per heavy atom. The average Bonchev–Trinajstić information content (AvgIpc) is 2.74. The van der Waals surface area contributed by atoms with Crippen LogP contribution in [0.5, 0.6) is 0 Å². The molecule has 1 saturated carbocycles. The molecule has 1 aliphatic rings. The third-order valence-electron chi connectivity index (χ3n) is 3.11. The van der Waals surface area contributed by atoms with Crippen molar-refractivity contribution in [2.45, 2.75) is 38.1 Å². The monoisotopic (exact) mass is 213 g/mol. The summed E-state index contributed by atoms with van der Waals surface area (Å²) in [7, 11) is 2.01. The number of nitrogens with zero attached hydrogens (tertiary/aromatic N) is 2. The summed E-state index contributed by atoms with van der Waals surface area (Å²) in [6.45, 7) is 0.467. The summed E-state index contributed by atoms with van der Waals surface area (Å²) in [4.78, 5) is 4.41. The van der Waals surface area contributed by atoms with Gasteiger partial charge in [0.05, 0.1) is 5.69 Å². The quantitative estimate of drug-likeness (QED) is 0.819. The zero-order valence-electron chi connectivity index (χ0n) is 8.46. The van der Waals surface area contributed by atoms with E-state index in [9.17, 15) is 0 Å². The van der Waals surface area contributed by atoms with E-state index in [-0.39, 0.29) is 0 Å². The SMILES string of the molecule is Cn1c(C2CCCC2)nc(Cl)c1CN. The molecule has 0 saturated heterocycles. The number of nitrogens with two attached hydrogens (primary N) is 1. The Labute approximate surface area is 89.3 Å². The van der Waals surface area contributed by atoms with E-state index in [2.05, 4.69) is 9.55 Å². The van der Waals surface area contributed by atoms with Gasteiger partial charge in [0.15, 0.2) is 5.15 Å². The van der Waals surface area contributed by atoms with Crippen molar-refractivity contribution in [3.63, 3.8) is 0 Å². The molecule has 0 amide bonds. The van der Waals surface area contributed by atoms with E-state index in [0.717, 1.165) is 11.5 Å². The molecule has 1 heterocycles. The van der Waals surface area contributed by atoms with Crippen molar-refractivity contribution in [3.05, 3.63) is 16.7 Å². The highest BCUT2D eigenvalue weighted by molar-refractivity contribution is 6.30. The van der Waals surface area contributed by atoms with E-state index in [1.165, 1.54) is 25.7 Å². The molecular weight excluding hydrogens is 198 g/mol. The predicted octanol–water partition coefficient (Wildman–Crippen LogP) is 2.19. The second-order valence-corrected chi connectivity index (χ2v) is 4.31. The maximum absolute atomic E-state index is 6.02. The first-order valence-electron chi connectivity index (χ1n) is 5.15. The summed E-state index contributed by atoms with van der Waals surface area (Å²) in [5.74, 6) is 1.71. The third-order valence-corrected chi connectivity index (χ3v) is 3.42. The van der Waals surface area contributed by atoms with Crippen LogP contribution in [0.1, 0.15) is 43.1 Å². The molecule has 0 bridgehead atoms. The summed E-state index contributed by atoms with van der Waals surface area (Å²) < 4.78 is 2.07. The molecule has 2 rings (SSSR count). The van der Waals surface area contributed by atoms with Gasteiger partial charge in [-0.1, -0.05) is 24.4 Å². The second-order valence-electron chi connectivity index (χ2n) is 3.95. The summed E-state index contributed by atoms with van der Waals surface area (Å²) in [6.07, 6.45) is 5.11. The van der Waals surface area contributed by atoms with Gasteiger partial charge >= 0.3 is 0 Å². The normalized spacial score (nSPS) is 17.9. The van der Waals surface area contributed by atoms with Crippen LogP contribution in [0.15, 0.2) is 0 Å². The molecule has 0 aromatic carbocycles. The Balaban J connectivity index is 2.33. The lowest BCUT2D eigenvalue weighted by Crippen LogP contribution is -2.08. The fraction of sp³-hybridized carbons (Fsp3) is 0.700. The minimum atomic E-state index is 0.467. The van der Waals surface area contributed by atoms with E-state index >= 15 is 0 Å². The number of hydrogen-bond acceptors (Lipinski definition) is 2. The van der Waals surface area contributed by atoms with Crippen LogP contribution in [0, 0.1) is 0 Å². The molecule has 0 spiro atoms. The van der Waals surface area contributed by atoms with Crippen molar-refractivity contribution in [3.8, 4) is 0 Å². The van der Waals surface area contributed by atoms with Crippen molar-refractivity contribution >= 4 is 11.6 Å². The highest BCUT2D eigenvalue weighted by Crippen LogP contribution is 2.34. The molecule has 0 aliphatic heterocycles. The van der Waals surface area contributed by atoms with Crippen molar-refractivity contribution in [2.24, 2.45) is 12.8 Å². The van der Waals surface area contributed by atoms with Crippen LogP contribution in [-0.2, 0) is 13.6 Å². The van der Waals surface area contributed by atoms with Gasteiger partial charge in [-0.25, -0.2) is 4.98 Å². The van der Waals surface area contributed by atoms with E-state index in [0.29, 0.717) is 17.6 Å². The minimum Gasteiger partial charge on any atom is -0.332 e. The molecule has 1 aliphatic carbocycles. The van der Waals surface area contributed by atoms with Crippen LogP contribution < -0.4 is 5.73 Å². The standard InChI is InChI=1S/C10H16ClN3/c1-14-8(6-12)9(11)13-10(14)7-4-2-3-5-7/h7H,2-6,12H2,1H3. The Morgan fingerprint density at radius 3 is 2.64 bits per heavy atom. The molecule has 0 unspecified atom stereocenters. The first-order chi connectivity index (χ1) is 6.74. The van der Waals surface area contributed by atoms with E-state index in [1.54, 1.807) is 0 Å². The molecule has 0 radical (unpaired) electrons. The number of hydrogen-bond donors (Lipinski definition) is 1. The average molecular weight is 214 g/mol. The topological polar surface area (TPSA) is 43.8 Å². The molecule has 78 valence electrons. The summed E-state index contributed by atoms with van der Waals surface area (Å²) >= 11 is 6.02. The third kappa shape index (κ3) is 1.55. The highest BCUT2D eigenvalue weighted by atomic mass is 35.5. The largest absolute Gasteiger partial charge is 0.332 e. The van der Waals surface area contributed by atoms with Crippen LogP contribution in [0.3, 0.4) is 0 Å². The molecule has 4 heteroatoms. The lowest BCUT2D eigenvalue weighted by molar-refractivity contribution is 0.622. The summed E-state index contributed by atoms with van der Waals surface area (Å²) in [6, 6.07) is 0. The molecular formula is C10H16ClN3. The Kier molecular flexibility index (Phi) is 2.79. The van der Waals surface area contributed by atoms with Gasteiger partial charge in [-0.15, -0.1) is 0 Å². The number of imidazole rings is 1. The van der Waals surface area contributed by atoms with E-state index in [4.69, 9.17) is 17.3 Å². The van der Waals surface area contributed by atoms with Crippen LogP contribution in [-0.4, -0.2) is 9.55 Å². The Bertz CT molecular complexity index is 326. The van der Waals surface area contributed by atoms with Gasteiger partial charge < -0.3 is 10.3 Å². The van der Waals surface area contributed by atoms with Gasteiger partial charge in [-0.05, 0) is 12.8 Å². The lowest BCUT2D eigenvalue weighted by atomic mass is 10.1.